The highest BCUT2D eigenvalue weighted by molar-refractivity contribution is 5.83. The second-order valence-corrected chi connectivity index (χ2v) is 4.88. The Kier molecular flexibility index (Phi) is 2.88. The van der Waals surface area contributed by atoms with Crippen LogP contribution in [-0.4, -0.2) is 4.98 Å². The molecular weight excluding hydrogens is 229 g/mol. The highest BCUT2D eigenvalue weighted by Gasteiger charge is 2.21. The summed E-state index contributed by atoms with van der Waals surface area (Å²) in [6.07, 6.45) is 4.82. The van der Waals surface area contributed by atoms with Gasteiger partial charge in [0.1, 0.15) is 5.82 Å². The number of pyridine rings is 1. The molecule has 0 radical (unpaired) electrons. The Labute approximate surface area is 105 Å². The molecule has 0 saturated heterocycles. The molecule has 1 fully saturated rings. The van der Waals surface area contributed by atoms with Crippen molar-refractivity contribution in [3.63, 3.8) is 0 Å². The normalized spacial score (nSPS) is 16.3. The number of aromatic nitrogens is 1. The van der Waals surface area contributed by atoms with E-state index in [1.807, 2.05) is 6.07 Å². The number of hydrazine groups is 1. The lowest BCUT2D eigenvalue weighted by Gasteiger charge is -2.15. The van der Waals surface area contributed by atoms with Crippen molar-refractivity contribution in [3.05, 3.63) is 35.8 Å². The first kappa shape index (κ1) is 11.4. The second-order valence-electron chi connectivity index (χ2n) is 4.88. The number of anilines is 1. The largest absolute Gasteiger partial charge is 0.322 e. The molecule has 1 heterocycles. The summed E-state index contributed by atoms with van der Waals surface area (Å²) in [5.74, 6) is 5.79. The van der Waals surface area contributed by atoms with Crippen LogP contribution < -0.4 is 11.3 Å². The number of nitrogen functional groups attached to an aromatic ring is 1. The zero-order valence-corrected chi connectivity index (χ0v) is 10.1. The molecule has 0 bridgehead atoms. The fraction of sp³-hybridized carbons (Fsp3) is 0.357. The van der Waals surface area contributed by atoms with Crippen molar-refractivity contribution >= 4 is 16.6 Å². The van der Waals surface area contributed by atoms with E-state index in [1.165, 1.54) is 25.0 Å². The number of halogens is 1. The number of benzene rings is 1. The molecule has 3 nitrogen and oxygen atoms in total. The Balaban J connectivity index is 2.14. The first-order valence-electron chi connectivity index (χ1n) is 6.35. The van der Waals surface area contributed by atoms with E-state index >= 15 is 0 Å². The quantitative estimate of drug-likeness (QED) is 0.630. The van der Waals surface area contributed by atoms with Crippen LogP contribution >= 0.6 is 0 Å². The fourth-order valence-corrected chi connectivity index (χ4v) is 2.79. The molecule has 3 N–H and O–H groups in total. The maximum Gasteiger partial charge on any atom is 0.123 e. The van der Waals surface area contributed by atoms with Gasteiger partial charge in [-0.1, -0.05) is 12.8 Å². The van der Waals surface area contributed by atoms with Gasteiger partial charge in [-0.2, -0.15) is 0 Å². The van der Waals surface area contributed by atoms with Gasteiger partial charge in [-0.05, 0) is 37.1 Å². The highest BCUT2D eigenvalue weighted by atomic mass is 19.1. The van der Waals surface area contributed by atoms with Gasteiger partial charge in [0.2, 0.25) is 0 Å². The summed E-state index contributed by atoms with van der Waals surface area (Å²) in [5, 5.41) is 0.782. The molecule has 1 aliphatic carbocycles. The fourth-order valence-electron chi connectivity index (χ4n) is 2.79. The summed E-state index contributed by atoms with van der Waals surface area (Å²) in [7, 11) is 0. The van der Waals surface area contributed by atoms with Gasteiger partial charge < -0.3 is 5.43 Å². The summed E-state index contributed by atoms with van der Waals surface area (Å²) in [6, 6.07) is 6.55. The van der Waals surface area contributed by atoms with Gasteiger partial charge in [-0.3, -0.25) is 10.8 Å². The van der Waals surface area contributed by atoms with Crippen molar-refractivity contribution in [1.82, 2.24) is 4.98 Å². The van der Waals surface area contributed by atoms with Gasteiger partial charge in [0.15, 0.2) is 0 Å². The average Bonchev–Trinajstić information content (AvgIpc) is 2.90. The predicted octanol–water partition coefficient (Wildman–Crippen LogP) is 3.32. The Morgan fingerprint density at radius 1 is 1.22 bits per heavy atom. The van der Waals surface area contributed by atoms with Gasteiger partial charge in [0, 0.05) is 11.3 Å². The lowest BCUT2D eigenvalue weighted by atomic mass is 10.0. The van der Waals surface area contributed by atoms with E-state index in [9.17, 15) is 4.39 Å². The minimum absolute atomic E-state index is 0.249. The van der Waals surface area contributed by atoms with E-state index < -0.39 is 0 Å². The molecule has 1 saturated carbocycles. The van der Waals surface area contributed by atoms with E-state index in [4.69, 9.17) is 5.84 Å². The highest BCUT2D eigenvalue weighted by Crippen LogP contribution is 2.37. The number of nitrogens with one attached hydrogen (secondary N) is 1. The summed E-state index contributed by atoms with van der Waals surface area (Å²) in [5.41, 5.74) is 5.37. The molecule has 1 aromatic heterocycles. The van der Waals surface area contributed by atoms with E-state index in [0.29, 0.717) is 5.92 Å². The average molecular weight is 245 g/mol. The minimum Gasteiger partial charge on any atom is -0.322 e. The summed E-state index contributed by atoms with van der Waals surface area (Å²) < 4.78 is 13.2. The third kappa shape index (κ3) is 1.93. The first-order chi connectivity index (χ1) is 8.78. The first-order valence-corrected chi connectivity index (χ1v) is 6.35. The molecular formula is C14H16FN3. The predicted molar refractivity (Wildman–Crippen MR) is 70.7 cm³/mol. The molecule has 18 heavy (non-hydrogen) atoms. The molecule has 0 unspecified atom stereocenters. The number of fused-ring (bicyclic) bond motifs is 1. The van der Waals surface area contributed by atoms with E-state index in [1.54, 1.807) is 6.07 Å². The van der Waals surface area contributed by atoms with Crippen LogP contribution in [0.1, 0.15) is 37.3 Å². The monoisotopic (exact) mass is 245 g/mol. The lowest BCUT2D eigenvalue weighted by Crippen LogP contribution is -2.12. The van der Waals surface area contributed by atoms with Crippen LogP contribution in [0.4, 0.5) is 10.1 Å². The van der Waals surface area contributed by atoms with Crippen LogP contribution in [0.2, 0.25) is 0 Å². The van der Waals surface area contributed by atoms with Crippen LogP contribution in [0.25, 0.3) is 10.9 Å². The molecule has 3 rings (SSSR count). The molecule has 1 aliphatic rings. The zero-order valence-electron chi connectivity index (χ0n) is 10.1. The van der Waals surface area contributed by atoms with Crippen molar-refractivity contribution in [2.24, 2.45) is 5.84 Å². The van der Waals surface area contributed by atoms with E-state index in [-0.39, 0.29) is 5.82 Å². The topological polar surface area (TPSA) is 50.9 Å². The smallest absolute Gasteiger partial charge is 0.123 e. The maximum absolute atomic E-state index is 13.2. The Morgan fingerprint density at radius 3 is 2.72 bits per heavy atom. The standard InChI is InChI=1S/C14H16FN3/c15-11-5-6-12-10(7-11)8-13(18-16)14(17-12)9-3-1-2-4-9/h5-9,18H,1-4,16H2. The third-order valence-electron chi connectivity index (χ3n) is 3.70. The Hall–Kier alpha value is -1.68. The third-order valence-corrected chi connectivity index (χ3v) is 3.70. The van der Waals surface area contributed by atoms with E-state index in [2.05, 4.69) is 10.4 Å². The number of hydrogen-bond donors (Lipinski definition) is 2. The Morgan fingerprint density at radius 2 is 2.00 bits per heavy atom. The van der Waals surface area contributed by atoms with Crippen LogP contribution in [-0.2, 0) is 0 Å². The van der Waals surface area contributed by atoms with Crippen molar-refractivity contribution in [2.75, 3.05) is 5.43 Å². The van der Waals surface area contributed by atoms with Crippen molar-refractivity contribution in [2.45, 2.75) is 31.6 Å². The maximum atomic E-state index is 13.2. The van der Waals surface area contributed by atoms with Gasteiger partial charge in [-0.15, -0.1) is 0 Å². The molecule has 0 spiro atoms. The van der Waals surface area contributed by atoms with Crippen molar-refractivity contribution in [1.29, 1.82) is 0 Å². The number of hydrogen-bond acceptors (Lipinski definition) is 3. The van der Waals surface area contributed by atoms with Gasteiger partial charge in [0.25, 0.3) is 0 Å². The van der Waals surface area contributed by atoms with Gasteiger partial charge in [0.05, 0.1) is 16.9 Å². The molecule has 4 heteroatoms. The molecule has 2 aromatic rings. The summed E-state index contributed by atoms with van der Waals surface area (Å²) in [4.78, 5) is 4.66. The number of rotatable bonds is 2. The second kappa shape index (κ2) is 4.53. The van der Waals surface area contributed by atoms with Gasteiger partial charge in [-0.25, -0.2) is 4.39 Å². The Bertz CT molecular complexity index is 577. The van der Waals surface area contributed by atoms with E-state index in [0.717, 1.165) is 35.1 Å². The van der Waals surface area contributed by atoms with Crippen LogP contribution in [0.5, 0.6) is 0 Å². The van der Waals surface area contributed by atoms with Crippen LogP contribution in [0.3, 0.4) is 0 Å². The molecule has 0 aliphatic heterocycles. The van der Waals surface area contributed by atoms with Crippen molar-refractivity contribution < 1.29 is 4.39 Å². The molecule has 0 amide bonds. The summed E-state index contributed by atoms with van der Waals surface area (Å²) in [6.45, 7) is 0. The summed E-state index contributed by atoms with van der Waals surface area (Å²) >= 11 is 0. The van der Waals surface area contributed by atoms with Crippen molar-refractivity contribution in [3.8, 4) is 0 Å². The number of nitrogens with two attached hydrogens (primary N) is 1. The zero-order chi connectivity index (χ0) is 12.5. The molecule has 94 valence electrons. The minimum atomic E-state index is -0.249. The SMILES string of the molecule is NNc1cc2cc(F)ccc2nc1C1CCCC1. The lowest BCUT2D eigenvalue weighted by molar-refractivity contribution is 0.629. The molecule has 0 atom stereocenters. The van der Waals surface area contributed by atoms with Crippen LogP contribution in [0, 0.1) is 5.82 Å². The molecule has 1 aromatic carbocycles. The number of nitrogens with zero attached hydrogens (tertiary/aromatic N) is 1. The van der Waals surface area contributed by atoms with Gasteiger partial charge >= 0.3 is 0 Å². The van der Waals surface area contributed by atoms with Crippen LogP contribution in [0.15, 0.2) is 24.3 Å².